The van der Waals surface area contributed by atoms with Gasteiger partial charge in [-0.05, 0) is 29.7 Å². The van der Waals surface area contributed by atoms with E-state index in [2.05, 4.69) is 0 Å². The number of aromatic nitrogens is 2. The molecule has 0 aliphatic carbocycles. The number of benzene rings is 1. The lowest BCUT2D eigenvalue weighted by atomic mass is 10.1. The van der Waals surface area contributed by atoms with Crippen LogP contribution in [0.3, 0.4) is 0 Å². The quantitative estimate of drug-likeness (QED) is 0.892. The first-order valence-corrected chi connectivity index (χ1v) is 6.38. The molecule has 0 spiro atoms. The molecular formula is C14H18FN3O. The Balaban J connectivity index is 2.26. The summed E-state index contributed by atoms with van der Waals surface area (Å²) in [6.45, 7) is 3.36. The van der Waals surface area contributed by atoms with E-state index in [0.717, 1.165) is 17.5 Å². The predicted molar refractivity (Wildman–Crippen MR) is 72.4 cm³/mol. The number of nitrogens with two attached hydrogens (primary N) is 1. The zero-order chi connectivity index (χ0) is 13.8. The smallest absolute Gasteiger partial charge is 0.326 e. The molecule has 0 fully saturated rings. The molecule has 0 aliphatic rings. The largest absolute Gasteiger partial charge is 0.328 e. The van der Waals surface area contributed by atoms with Crippen molar-refractivity contribution in [2.75, 3.05) is 0 Å². The summed E-state index contributed by atoms with van der Waals surface area (Å²) in [6, 6.07) is 4.67. The van der Waals surface area contributed by atoms with E-state index in [1.807, 2.05) is 13.0 Å². The van der Waals surface area contributed by atoms with E-state index < -0.39 is 0 Å². The van der Waals surface area contributed by atoms with Gasteiger partial charge in [0.05, 0.1) is 6.54 Å². The lowest BCUT2D eigenvalue weighted by molar-refractivity contribution is 0.611. The highest BCUT2D eigenvalue weighted by molar-refractivity contribution is 5.24. The molecule has 19 heavy (non-hydrogen) atoms. The van der Waals surface area contributed by atoms with E-state index in [9.17, 15) is 9.18 Å². The lowest BCUT2D eigenvalue weighted by Gasteiger charge is -2.05. The van der Waals surface area contributed by atoms with E-state index in [0.29, 0.717) is 13.1 Å². The second-order valence-corrected chi connectivity index (χ2v) is 4.57. The van der Waals surface area contributed by atoms with Crippen LogP contribution in [0.5, 0.6) is 0 Å². The van der Waals surface area contributed by atoms with Crippen molar-refractivity contribution >= 4 is 0 Å². The normalized spacial score (nSPS) is 10.9. The van der Waals surface area contributed by atoms with Crippen LogP contribution in [0.2, 0.25) is 0 Å². The Morgan fingerprint density at radius 2 is 1.84 bits per heavy atom. The average Bonchev–Trinajstić information content (AvgIpc) is 2.71. The number of nitrogens with zero attached hydrogens (tertiary/aromatic N) is 2. The number of halogens is 1. The van der Waals surface area contributed by atoms with Crippen molar-refractivity contribution in [1.29, 1.82) is 0 Å². The zero-order valence-electron chi connectivity index (χ0n) is 11.0. The first kappa shape index (κ1) is 13.5. The molecule has 0 aliphatic heterocycles. The summed E-state index contributed by atoms with van der Waals surface area (Å²) < 4.78 is 16.6. The summed E-state index contributed by atoms with van der Waals surface area (Å²) in [5.74, 6) is -0.320. The van der Waals surface area contributed by atoms with Gasteiger partial charge in [-0.2, -0.15) is 0 Å². The molecule has 0 atom stereocenters. The summed E-state index contributed by atoms with van der Waals surface area (Å²) >= 11 is 0. The highest BCUT2D eigenvalue weighted by Crippen LogP contribution is 2.10. The monoisotopic (exact) mass is 263 g/mol. The summed E-state index contributed by atoms with van der Waals surface area (Å²) in [4.78, 5) is 12.0. The maximum absolute atomic E-state index is 13.4. The van der Waals surface area contributed by atoms with Crippen LogP contribution in [0.15, 0.2) is 35.4 Å². The van der Waals surface area contributed by atoms with Crippen molar-refractivity contribution in [3.63, 3.8) is 0 Å². The molecule has 2 rings (SSSR count). The number of aryl methyl sites for hydroxylation is 1. The zero-order valence-corrected chi connectivity index (χ0v) is 11.0. The molecule has 2 aromatic rings. The third kappa shape index (κ3) is 3.12. The Morgan fingerprint density at radius 1 is 1.16 bits per heavy atom. The van der Waals surface area contributed by atoms with Gasteiger partial charge in [0.15, 0.2) is 0 Å². The molecule has 1 aromatic heterocycles. The highest BCUT2D eigenvalue weighted by atomic mass is 19.1. The minimum absolute atomic E-state index is 0.0691. The van der Waals surface area contributed by atoms with E-state index in [-0.39, 0.29) is 18.1 Å². The van der Waals surface area contributed by atoms with Gasteiger partial charge in [0.2, 0.25) is 0 Å². The molecule has 5 heteroatoms. The molecule has 0 amide bonds. The highest BCUT2D eigenvalue weighted by Gasteiger charge is 2.05. The van der Waals surface area contributed by atoms with Crippen LogP contribution < -0.4 is 11.4 Å². The van der Waals surface area contributed by atoms with Crippen molar-refractivity contribution in [2.45, 2.75) is 33.0 Å². The summed E-state index contributed by atoms with van der Waals surface area (Å²) in [5, 5.41) is 0. The van der Waals surface area contributed by atoms with E-state index in [1.165, 1.54) is 12.1 Å². The van der Waals surface area contributed by atoms with Crippen LogP contribution in [0.1, 0.15) is 24.5 Å². The van der Waals surface area contributed by atoms with Crippen LogP contribution in [-0.4, -0.2) is 9.13 Å². The Labute approximate surface area is 111 Å². The van der Waals surface area contributed by atoms with Crippen molar-refractivity contribution in [1.82, 2.24) is 9.13 Å². The van der Waals surface area contributed by atoms with Gasteiger partial charge in [-0.15, -0.1) is 0 Å². The van der Waals surface area contributed by atoms with Gasteiger partial charge in [0, 0.05) is 25.5 Å². The topological polar surface area (TPSA) is 52.9 Å². The fraction of sp³-hybridized carbons (Fsp3) is 0.357. The lowest BCUT2D eigenvalue weighted by Crippen LogP contribution is -2.24. The second-order valence-electron chi connectivity index (χ2n) is 4.57. The van der Waals surface area contributed by atoms with Gasteiger partial charge in [-0.1, -0.05) is 13.0 Å². The minimum atomic E-state index is -0.320. The third-order valence-corrected chi connectivity index (χ3v) is 2.99. The first-order valence-electron chi connectivity index (χ1n) is 6.38. The minimum Gasteiger partial charge on any atom is -0.326 e. The van der Waals surface area contributed by atoms with Crippen LogP contribution in [-0.2, 0) is 19.6 Å². The van der Waals surface area contributed by atoms with Crippen molar-refractivity contribution in [3.8, 4) is 0 Å². The van der Waals surface area contributed by atoms with Crippen LogP contribution in [0.4, 0.5) is 4.39 Å². The summed E-state index contributed by atoms with van der Waals surface area (Å²) in [5.41, 5.74) is 6.93. The fourth-order valence-corrected chi connectivity index (χ4v) is 2.11. The average molecular weight is 263 g/mol. The second kappa shape index (κ2) is 5.84. The van der Waals surface area contributed by atoms with Crippen molar-refractivity contribution < 1.29 is 4.39 Å². The van der Waals surface area contributed by atoms with Gasteiger partial charge in [0.25, 0.3) is 0 Å². The maximum Gasteiger partial charge on any atom is 0.328 e. The Bertz CT molecular complexity index is 615. The van der Waals surface area contributed by atoms with Crippen molar-refractivity contribution in [3.05, 3.63) is 58.0 Å². The number of hydrogen-bond donors (Lipinski definition) is 1. The molecule has 0 bridgehead atoms. The van der Waals surface area contributed by atoms with E-state index >= 15 is 0 Å². The third-order valence-electron chi connectivity index (χ3n) is 2.99. The molecule has 0 saturated carbocycles. The van der Waals surface area contributed by atoms with Gasteiger partial charge < -0.3 is 5.73 Å². The molecule has 1 aromatic carbocycles. The molecule has 0 unspecified atom stereocenters. The number of rotatable bonds is 5. The van der Waals surface area contributed by atoms with Crippen LogP contribution >= 0.6 is 0 Å². The maximum atomic E-state index is 13.4. The molecule has 0 saturated heterocycles. The molecular weight excluding hydrogens is 245 g/mol. The Morgan fingerprint density at radius 3 is 2.53 bits per heavy atom. The molecule has 0 radical (unpaired) electrons. The van der Waals surface area contributed by atoms with Crippen LogP contribution in [0.25, 0.3) is 0 Å². The van der Waals surface area contributed by atoms with Gasteiger partial charge >= 0.3 is 5.69 Å². The number of imidazole rings is 1. The van der Waals surface area contributed by atoms with Gasteiger partial charge in [0.1, 0.15) is 5.82 Å². The van der Waals surface area contributed by atoms with Crippen molar-refractivity contribution in [2.24, 2.45) is 5.73 Å². The predicted octanol–water partition coefficient (Wildman–Crippen LogP) is 1.71. The van der Waals surface area contributed by atoms with Crippen LogP contribution in [0, 0.1) is 5.82 Å². The fourth-order valence-electron chi connectivity index (χ4n) is 2.11. The SMILES string of the molecule is CCCn1ccn(Cc2cc(F)cc(CN)c2)c1=O. The number of hydrogen-bond acceptors (Lipinski definition) is 2. The summed E-state index contributed by atoms with van der Waals surface area (Å²) in [7, 11) is 0. The molecule has 1 heterocycles. The summed E-state index contributed by atoms with van der Waals surface area (Å²) in [6.07, 6.45) is 4.39. The van der Waals surface area contributed by atoms with E-state index in [1.54, 1.807) is 21.5 Å². The Hall–Kier alpha value is -1.88. The van der Waals surface area contributed by atoms with Gasteiger partial charge in [-0.25, -0.2) is 9.18 Å². The molecule has 4 nitrogen and oxygen atoms in total. The standard InChI is InChI=1S/C14H18FN3O/c1-2-3-17-4-5-18(14(17)19)10-12-6-11(9-16)7-13(15)8-12/h4-8H,2-3,9-10,16H2,1H3. The Kier molecular flexibility index (Phi) is 4.16. The first-order chi connectivity index (χ1) is 9.13. The van der Waals surface area contributed by atoms with Gasteiger partial charge in [-0.3, -0.25) is 9.13 Å². The molecule has 2 N–H and O–H groups in total. The molecule has 102 valence electrons. The van der Waals surface area contributed by atoms with E-state index in [4.69, 9.17) is 5.73 Å².